The number of hydrogen-bond acceptors (Lipinski definition) is 4. The Labute approximate surface area is 129 Å². The van der Waals surface area contributed by atoms with E-state index in [-0.39, 0.29) is 18.2 Å². The molecule has 1 aromatic rings. The second-order valence-corrected chi connectivity index (χ2v) is 6.33. The molecule has 21 heavy (non-hydrogen) atoms. The van der Waals surface area contributed by atoms with Crippen LogP contribution >= 0.6 is 11.8 Å². The molecule has 0 spiro atoms. The second kappa shape index (κ2) is 7.45. The molecule has 6 heteroatoms. The predicted octanol–water partition coefficient (Wildman–Crippen LogP) is 2.44. The third kappa shape index (κ3) is 4.20. The number of aromatic nitrogens is 1. The summed E-state index contributed by atoms with van der Waals surface area (Å²) < 4.78 is 0. The second-order valence-electron chi connectivity index (χ2n) is 5.14. The SMILES string of the molecule is CCC(CC)CNC(=O)CC1Sc2ncccc2NC1=O. The van der Waals surface area contributed by atoms with E-state index in [1.165, 1.54) is 11.8 Å². The fourth-order valence-electron chi connectivity index (χ4n) is 2.19. The van der Waals surface area contributed by atoms with Crippen molar-refractivity contribution in [2.45, 2.75) is 43.4 Å². The lowest BCUT2D eigenvalue weighted by atomic mass is 10.0. The van der Waals surface area contributed by atoms with Crippen molar-refractivity contribution < 1.29 is 9.59 Å². The third-order valence-corrected chi connectivity index (χ3v) is 4.90. The zero-order chi connectivity index (χ0) is 15.2. The van der Waals surface area contributed by atoms with Crippen molar-refractivity contribution in [1.29, 1.82) is 0 Å². The molecule has 0 saturated heterocycles. The largest absolute Gasteiger partial charge is 0.356 e. The molecular formula is C15H21N3O2S. The lowest BCUT2D eigenvalue weighted by molar-refractivity contribution is -0.124. The Morgan fingerprint density at radius 1 is 1.48 bits per heavy atom. The highest BCUT2D eigenvalue weighted by Crippen LogP contribution is 2.34. The molecule has 0 aromatic carbocycles. The highest BCUT2D eigenvalue weighted by atomic mass is 32.2. The number of nitrogens with one attached hydrogen (secondary N) is 2. The van der Waals surface area contributed by atoms with Gasteiger partial charge in [0, 0.05) is 19.2 Å². The minimum absolute atomic E-state index is 0.0751. The Balaban J connectivity index is 1.88. The van der Waals surface area contributed by atoms with Crippen LogP contribution in [0.25, 0.3) is 0 Å². The molecule has 0 aliphatic carbocycles. The average Bonchev–Trinajstić information content (AvgIpc) is 2.49. The molecule has 2 amide bonds. The van der Waals surface area contributed by atoms with Crippen LogP contribution in [0.4, 0.5) is 5.69 Å². The van der Waals surface area contributed by atoms with Crippen molar-refractivity contribution in [2.75, 3.05) is 11.9 Å². The molecule has 1 aliphatic rings. The van der Waals surface area contributed by atoms with Gasteiger partial charge in [-0.1, -0.05) is 38.5 Å². The van der Waals surface area contributed by atoms with Gasteiger partial charge in [-0.05, 0) is 18.1 Å². The molecule has 2 N–H and O–H groups in total. The summed E-state index contributed by atoms with van der Waals surface area (Å²) in [6, 6.07) is 3.60. The van der Waals surface area contributed by atoms with Crippen LogP contribution in [0.1, 0.15) is 33.1 Å². The smallest absolute Gasteiger partial charge is 0.238 e. The first-order valence-electron chi connectivity index (χ1n) is 7.33. The topological polar surface area (TPSA) is 71.1 Å². The van der Waals surface area contributed by atoms with Gasteiger partial charge in [0.2, 0.25) is 11.8 Å². The van der Waals surface area contributed by atoms with Crippen molar-refractivity contribution in [3.05, 3.63) is 18.3 Å². The highest BCUT2D eigenvalue weighted by molar-refractivity contribution is 8.00. The summed E-state index contributed by atoms with van der Waals surface area (Å²) in [5.74, 6) is 0.302. The van der Waals surface area contributed by atoms with Crippen molar-refractivity contribution >= 4 is 29.3 Å². The van der Waals surface area contributed by atoms with E-state index in [1.54, 1.807) is 12.3 Å². The first-order valence-corrected chi connectivity index (χ1v) is 8.21. The van der Waals surface area contributed by atoms with Gasteiger partial charge in [-0.25, -0.2) is 4.98 Å². The minimum atomic E-state index is -0.408. The Kier molecular flexibility index (Phi) is 5.61. The maximum absolute atomic E-state index is 12.0. The van der Waals surface area contributed by atoms with Crippen LogP contribution in [0.2, 0.25) is 0 Å². The van der Waals surface area contributed by atoms with Crippen LogP contribution in [0.5, 0.6) is 0 Å². The van der Waals surface area contributed by atoms with E-state index in [2.05, 4.69) is 29.5 Å². The number of amides is 2. The van der Waals surface area contributed by atoms with Crippen molar-refractivity contribution in [2.24, 2.45) is 5.92 Å². The monoisotopic (exact) mass is 307 g/mol. The van der Waals surface area contributed by atoms with E-state index in [4.69, 9.17) is 0 Å². The van der Waals surface area contributed by atoms with Crippen LogP contribution in [-0.4, -0.2) is 28.6 Å². The molecule has 114 valence electrons. The summed E-state index contributed by atoms with van der Waals surface area (Å²) in [4.78, 5) is 28.2. The lowest BCUT2D eigenvalue weighted by Crippen LogP contribution is -2.36. The molecule has 1 atom stereocenters. The molecule has 0 saturated carbocycles. The number of fused-ring (bicyclic) bond motifs is 1. The molecule has 0 radical (unpaired) electrons. The molecule has 2 rings (SSSR count). The maximum atomic E-state index is 12.0. The average molecular weight is 307 g/mol. The molecular weight excluding hydrogens is 286 g/mol. The van der Waals surface area contributed by atoms with Crippen LogP contribution in [0.3, 0.4) is 0 Å². The summed E-state index contributed by atoms with van der Waals surface area (Å²) >= 11 is 1.36. The lowest BCUT2D eigenvalue weighted by Gasteiger charge is -2.23. The van der Waals surface area contributed by atoms with Gasteiger partial charge in [0.1, 0.15) is 5.03 Å². The van der Waals surface area contributed by atoms with Crippen LogP contribution in [0.15, 0.2) is 23.4 Å². The van der Waals surface area contributed by atoms with E-state index in [9.17, 15) is 9.59 Å². The van der Waals surface area contributed by atoms with Gasteiger partial charge < -0.3 is 10.6 Å². The minimum Gasteiger partial charge on any atom is -0.356 e. The number of nitrogens with zero attached hydrogens (tertiary/aromatic N) is 1. The number of thioether (sulfide) groups is 1. The Morgan fingerprint density at radius 2 is 2.24 bits per heavy atom. The van der Waals surface area contributed by atoms with Crippen LogP contribution in [0, 0.1) is 5.92 Å². The molecule has 0 bridgehead atoms. The van der Waals surface area contributed by atoms with Crippen LogP contribution in [-0.2, 0) is 9.59 Å². The fraction of sp³-hybridized carbons (Fsp3) is 0.533. The number of carbonyl (C=O) groups excluding carboxylic acids is 2. The quantitative estimate of drug-likeness (QED) is 0.847. The van der Waals surface area contributed by atoms with Gasteiger partial charge in [0.25, 0.3) is 0 Å². The summed E-state index contributed by atoms with van der Waals surface area (Å²) in [6.45, 7) is 4.92. The number of hydrogen-bond donors (Lipinski definition) is 2. The molecule has 1 aromatic heterocycles. The van der Waals surface area contributed by atoms with Gasteiger partial charge in [-0.2, -0.15) is 0 Å². The summed E-state index contributed by atoms with van der Waals surface area (Å²) in [5, 5.41) is 6.09. The highest BCUT2D eigenvalue weighted by Gasteiger charge is 2.29. The van der Waals surface area contributed by atoms with Gasteiger partial charge >= 0.3 is 0 Å². The molecule has 1 unspecified atom stereocenters. The van der Waals surface area contributed by atoms with E-state index in [0.717, 1.165) is 23.6 Å². The fourth-order valence-corrected chi connectivity index (χ4v) is 3.23. The molecule has 0 fully saturated rings. The summed E-state index contributed by atoms with van der Waals surface area (Å²) in [5.41, 5.74) is 0.723. The standard InChI is InChI=1S/C15H21N3O2S/c1-3-10(4-2)9-17-13(19)8-12-14(20)18-11-6-5-7-16-15(11)21-12/h5-7,10,12H,3-4,8-9H2,1-2H3,(H,17,19)(H,18,20). The summed E-state index contributed by atoms with van der Waals surface area (Å²) in [6.07, 6.45) is 3.97. The predicted molar refractivity (Wildman–Crippen MR) is 84.2 cm³/mol. The number of anilines is 1. The van der Waals surface area contributed by atoms with E-state index < -0.39 is 5.25 Å². The number of rotatable bonds is 6. The Morgan fingerprint density at radius 3 is 2.95 bits per heavy atom. The van der Waals surface area contributed by atoms with E-state index in [1.807, 2.05) is 6.07 Å². The first kappa shape index (κ1) is 15.8. The van der Waals surface area contributed by atoms with Gasteiger partial charge in [-0.3, -0.25) is 9.59 Å². The zero-order valence-corrected chi connectivity index (χ0v) is 13.2. The Bertz CT molecular complexity index is 517. The maximum Gasteiger partial charge on any atom is 0.238 e. The zero-order valence-electron chi connectivity index (χ0n) is 12.4. The van der Waals surface area contributed by atoms with Gasteiger partial charge in [0.05, 0.1) is 10.9 Å². The normalized spacial score (nSPS) is 17.3. The van der Waals surface area contributed by atoms with Gasteiger partial charge in [0.15, 0.2) is 0 Å². The van der Waals surface area contributed by atoms with E-state index >= 15 is 0 Å². The van der Waals surface area contributed by atoms with Crippen molar-refractivity contribution in [1.82, 2.24) is 10.3 Å². The summed E-state index contributed by atoms with van der Waals surface area (Å²) in [7, 11) is 0. The number of pyridine rings is 1. The first-order chi connectivity index (χ1) is 10.1. The van der Waals surface area contributed by atoms with Gasteiger partial charge in [-0.15, -0.1) is 0 Å². The van der Waals surface area contributed by atoms with Crippen LogP contribution < -0.4 is 10.6 Å². The molecule has 2 heterocycles. The van der Waals surface area contributed by atoms with Crippen molar-refractivity contribution in [3.8, 4) is 0 Å². The Hall–Kier alpha value is -1.56. The van der Waals surface area contributed by atoms with E-state index in [0.29, 0.717) is 12.5 Å². The third-order valence-electron chi connectivity index (χ3n) is 3.69. The molecule has 1 aliphatic heterocycles. The number of carbonyl (C=O) groups is 2. The van der Waals surface area contributed by atoms with Crippen molar-refractivity contribution in [3.63, 3.8) is 0 Å². The molecule has 5 nitrogen and oxygen atoms in total.